The molecule has 0 bridgehead atoms. The molecular formula is C43H25N3O2. The van der Waals surface area contributed by atoms with Crippen LogP contribution in [0.2, 0.25) is 0 Å². The molecule has 0 saturated heterocycles. The van der Waals surface area contributed by atoms with E-state index >= 15 is 0 Å². The zero-order valence-electron chi connectivity index (χ0n) is 25.6. The van der Waals surface area contributed by atoms with Crippen LogP contribution in [0.1, 0.15) is 0 Å². The molecule has 3 heterocycles. The van der Waals surface area contributed by atoms with Gasteiger partial charge in [-0.15, -0.1) is 0 Å². The summed E-state index contributed by atoms with van der Waals surface area (Å²) in [6.45, 7) is 0. The Bertz CT molecular complexity index is 2780. The van der Waals surface area contributed by atoms with E-state index < -0.39 is 0 Å². The highest BCUT2D eigenvalue weighted by Crippen LogP contribution is 2.45. The Morgan fingerprint density at radius 3 is 1.71 bits per heavy atom. The molecule has 7 aromatic carbocycles. The summed E-state index contributed by atoms with van der Waals surface area (Å²) < 4.78 is 13.3. The molecule has 5 heteroatoms. The Labute approximate surface area is 274 Å². The van der Waals surface area contributed by atoms with E-state index in [4.69, 9.17) is 23.8 Å². The highest BCUT2D eigenvalue weighted by molar-refractivity contribution is 6.22. The number of rotatable bonds is 4. The van der Waals surface area contributed by atoms with Crippen LogP contribution in [0.25, 0.3) is 99.9 Å². The average Bonchev–Trinajstić information content (AvgIpc) is 3.75. The smallest absolute Gasteiger partial charge is 0.164 e. The Hall–Kier alpha value is -6.59. The van der Waals surface area contributed by atoms with Crippen LogP contribution in [0.15, 0.2) is 160 Å². The van der Waals surface area contributed by atoms with Crippen LogP contribution in [0.4, 0.5) is 0 Å². The van der Waals surface area contributed by atoms with Gasteiger partial charge in [0.2, 0.25) is 0 Å². The molecule has 48 heavy (non-hydrogen) atoms. The fourth-order valence-corrected chi connectivity index (χ4v) is 6.93. The molecule has 0 N–H and O–H groups in total. The number of aromatic nitrogens is 3. The number of hydrogen-bond acceptors (Lipinski definition) is 5. The maximum atomic E-state index is 6.74. The monoisotopic (exact) mass is 615 g/mol. The van der Waals surface area contributed by atoms with Gasteiger partial charge in [0.1, 0.15) is 22.3 Å². The lowest BCUT2D eigenvalue weighted by molar-refractivity contribution is 0.670. The predicted molar refractivity (Wildman–Crippen MR) is 194 cm³/mol. The van der Waals surface area contributed by atoms with Crippen molar-refractivity contribution in [2.75, 3.05) is 0 Å². The zero-order chi connectivity index (χ0) is 31.6. The molecule has 0 amide bonds. The lowest BCUT2D eigenvalue weighted by Gasteiger charge is -2.11. The van der Waals surface area contributed by atoms with Crippen molar-refractivity contribution in [3.63, 3.8) is 0 Å². The molecule has 224 valence electrons. The first-order valence-electron chi connectivity index (χ1n) is 15.9. The van der Waals surface area contributed by atoms with Crippen LogP contribution in [0.3, 0.4) is 0 Å². The van der Waals surface area contributed by atoms with Crippen molar-refractivity contribution in [2.24, 2.45) is 0 Å². The van der Waals surface area contributed by atoms with Crippen molar-refractivity contribution in [1.29, 1.82) is 0 Å². The van der Waals surface area contributed by atoms with Crippen LogP contribution in [-0.4, -0.2) is 15.0 Å². The number of nitrogens with zero attached hydrogens (tertiary/aromatic N) is 3. The van der Waals surface area contributed by atoms with Crippen molar-refractivity contribution >= 4 is 54.6 Å². The highest BCUT2D eigenvalue weighted by Gasteiger charge is 2.23. The summed E-state index contributed by atoms with van der Waals surface area (Å²) in [6, 6.07) is 51.4. The van der Waals surface area contributed by atoms with Crippen LogP contribution >= 0.6 is 0 Å². The van der Waals surface area contributed by atoms with Crippen molar-refractivity contribution in [3.05, 3.63) is 152 Å². The molecule has 10 rings (SSSR count). The van der Waals surface area contributed by atoms with Gasteiger partial charge in [0, 0.05) is 49.2 Å². The van der Waals surface area contributed by atoms with Crippen LogP contribution < -0.4 is 0 Å². The van der Waals surface area contributed by atoms with Crippen LogP contribution in [-0.2, 0) is 0 Å². The lowest BCUT2D eigenvalue weighted by atomic mass is 9.94. The van der Waals surface area contributed by atoms with Crippen molar-refractivity contribution in [1.82, 2.24) is 15.0 Å². The molecule has 10 aromatic rings. The molecule has 0 fully saturated rings. The van der Waals surface area contributed by atoms with Gasteiger partial charge in [-0.1, -0.05) is 121 Å². The molecule has 5 nitrogen and oxygen atoms in total. The first-order chi connectivity index (χ1) is 23.8. The Balaban J connectivity index is 1.27. The molecule has 0 aliphatic heterocycles. The van der Waals surface area contributed by atoms with E-state index in [9.17, 15) is 0 Å². The van der Waals surface area contributed by atoms with Crippen LogP contribution in [0, 0.1) is 0 Å². The van der Waals surface area contributed by atoms with Crippen LogP contribution in [0.5, 0.6) is 0 Å². The maximum absolute atomic E-state index is 6.74. The van der Waals surface area contributed by atoms with Gasteiger partial charge in [-0.3, -0.25) is 0 Å². The summed E-state index contributed by atoms with van der Waals surface area (Å²) in [5, 5.41) is 6.34. The predicted octanol–water partition coefficient (Wildman–Crippen LogP) is 11.5. The maximum Gasteiger partial charge on any atom is 0.164 e. The fraction of sp³-hybridized carbons (Fsp3) is 0. The summed E-state index contributed by atoms with van der Waals surface area (Å²) in [5.74, 6) is 1.82. The highest BCUT2D eigenvalue weighted by atomic mass is 16.3. The number of furan rings is 2. The van der Waals surface area contributed by atoms with E-state index in [1.165, 1.54) is 0 Å². The van der Waals surface area contributed by atoms with E-state index in [1.807, 2.05) is 84.9 Å². The standard InChI is InChI=1S/C43H25N3O2/c1-3-13-27(14-4-1)41-44-42(28-15-5-2-6-16-28)46-43(45-41)34-25-24-31(40-38(34)32-18-9-10-20-35(32)47-40)30-19-11-21-36-37(30)33-23-22-26-12-7-8-17-29(26)39(33)48-36/h1-25H. The fourth-order valence-electron chi connectivity index (χ4n) is 6.93. The third-order valence-electron chi connectivity index (χ3n) is 9.14. The third-order valence-corrected chi connectivity index (χ3v) is 9.14. The zero-order valence-corrected chi connectivity index (χ0v) is 25.6. The van der Waals surface area contributed by atoms with Gasteiger partial charge in [0.15, 0.2) is 17.5 Å². The SMILES string of the molecule is c1ccc(-c2nc(-c3ccccc3)nc(-c3ccc(-c4cccc5oc6c7ccccc7ccc6c45)c4oc5ccccc5c34)n2)cc1. The average molecular weight is 616 g/mol. The number of hydrogen-bond donors (Lipinski definition) is 0. The van der Waals surface area contributed by atoms with Gasteiger partial charge in [0.25, 0.3) is 0 Å². The van der Waals surface area contributed by atoms with E-state index in [0.717, 1.165) is 82.5 Å². The summed E-state index contributed by atoms with van der Waals surface area (Å²) in [5.41, 5.74) is 8.06. The molecular weight excluding hydrogens is 590 g/mol. The molecule has 0 atom stereocenters. The summed E-state index contributed by atoms with van der Waals surface area (Å²) in [6.07, 6.45) is 0. The minimum atomic E-state index is 0.587. The van der Waals surface area contributed by atoms with Gasteiger partial charge in [-0.25, -0.2) is 15.0 Å². The molecule has 3 aromatic heterocycles. The van der Waals surface area contributed by atoms with E-state index in [2.05, 4.69) is 66.7 Å². The van der Waals surface area contributed by atoms with Gasteiger partial charge >= 0.3 is 0 Å². The van der Waals surface area contributed by atoms with Crippen molar-refractivity contribution in [2.45, 2.75) is 0 Å². The topological polar surface area (TPSA) is 65.0 Å². The molecule has 0 saturated carbocycles. The number of para-hydroxylation sites is 1. The quantitative estimate of drug-likeness (QED) is 0.197. The first kappa shape index (κ1) is 26.6. The summed E-state index contributed by atoms with van der Waals surface area (Å²) in [7, 11) is 0. The van der Waals surface area contributed by atoms with E-state index in [0.29, 0.717) is 17.5 Å². The summed E-state index contributed by atoms with van der Waals surface area (Å²) >= 11 is 0. The normalized spacial score (nSPS) is 11.8. The minimum Gasteiger partial charge on any atom is -0.455 e. The first-order valence-corrected chi connectivity index (χ1v) is 15.9. The van der Waals surface area contributed by atoms with Crippen molar-refractivity contribution in [3.8, 4) is 45.3 Å². The molecule has 0 aliphatic carbocycles. The third kappa shape index (κ3) is 4.08. The number of benzene rings is 7. The summed E-state index contributed by atoms with van der Waals surface area (Å²) in [4.78, 5) is 15.1. The molecule has 0 spiro atoms. The Morgan fingerprint density at radius 2 is 0.938 bits per heavy atom. The molecule has 0 aliphatic rings. The largest absolute Gasteiger partial charge is 0.455 e. The molecule has 0 radical (unpaired) electrons. The second-order valence-corrected chi connectivity index (χ2v) is 11.9. The van der Waals surface area contributed by atoms with Crippen molar-refractivity contribution < 1.29 is 8.83 Å². The second kappa shape index (κ2) is 10.5. The molecule has 0 unspecified atom stereocenters. The lowest BCUT2D eigenvalue weighted by Crippen LogP contribution is -2.00. The van der Waals surface area contributed by atoms with Gasteiger partial charge in [0.05, 0.1) is 0 Å². The van der Waals surface area contributed by atoms with E-state index in [1.54, 1.807) is 0 Å². The van der Waals surface area contributed by atoms with Gasteiger partial charge < -0.3 is 8.83 Å². The Morgan fingerprint density at radius 1 is 0.333 bits per heavy atom. The number of fused-ring (bicyclic) bond motifs is 8. The van der Waals surface area contributed by atoms with E-state index in [-0.39, 0.29) is 0 Å². The van der Waals surface area contributed by atoms with Gasteiger partial charge in [-0.05, 0) is 41.3 Å². The minimum absolute atomic E-state index is 0.587. The Kier molecular flexibility index (Phi) is 5.81. The second-order valence-electron chi connectivity index (χ2n) is 11.9. The van der Waals surface area contributed by atoms with Gasteiger partial charge in [-0.2, -0.15) is 0 Å².